The third-order valence-electron chi connectivity index (χ3n) is 2.95. The van der Waals surface area contributed by atoms with E-state index in [0.29, 0.717) is 25.4 Å². The van der Waals surface area contributed by atoms with Gasteiger partial charge >= 0.3 is 0 Å². The fourth-order valence-corrected chi connectivity index (χ4v) is 4.58. The van der Waals surface area contributed by atoms with Gasteiger partial charge in [-0.3, -0.25) is 0 Å². The van der Waals surface area contributed by atoms with Crippen LogP contribution in [-0.2, 0) is 23.0 Å². The van der Waals surface area contributed by atoms with Crippen LogP contribution < -0.4 is 0 Å². The van der Waals surface area contributed by atoms with Crippen molar-refractivity contribution >= 4 is 33.0 Å². The van der Waals surface area contributed by atoms with Gasteiger partial charge in [-0.1, -0.05) is 0 Å². The number of halogens is 1. The Kier molecular flexibility index (Phi) is 4.47. The second-order valence-electron chi connectivity index (χ2n) is 4.16. The molecule has 0 fully saturated rings. The Morgan fingerprint density at radius 2 is 2.24 bits per heavy atom. The third-order valence-corrected chi connectivity index (χ3v) is 6.15. The second-order valence-corrected chi connectivity index (χ2v) is 7.63. The summed E-state index contributed by atoms with van der Waals surface area (Å²) < 4.78 is 25.8. The number of alkyl halides is 1. The van der Waals surface area contributed by atoms with Gasteiger partial charge in [0.25, 0.3) is 0 Å². The Bertz CT molecular complexity index is 470. The van der Waals surface area contributed by atoms with Crippen molar-refractivity contribution < 1.29 is 8.42 Å². The Hall–Kier alpha value is -0.100. The van der Waals surface area contributed by atoms with Crippen molar-refractivity contribution in [2.24, 2.45) is 0 Å². The van der Waals surface area contributed by atoms with Gasteiger partial charge < -0.3 is 0 Å². The normalized spacial score (nSPS) is 17.0. The third kappa shape index (κ3) is 3.22. The number of rotatable bonds is 5. The van der Waals surface area contributed by atoms with E-state index in [-0.39, 0.29) is 5.75 Å². The summed E-state index contributed by atoms with van der Waals surface area (Å²) in [7, 11) is -3.10. The lowest BCUT2D eigenvalue weighted by atomic mass is 10.1. The first-order valence-corrected chi connectivity index (χ1v) is 8.75. The van der Waals surface area contributed by atoms with Crippen LogP contribution in [0.1, 0.15) is 23.3 Å². The largest absolute Gasteiger partial charge is 0.214 e. The first kappa shape index (κ1) is 13.3. The smallest absolute Gasteiger partial charge is 0.212 e. The highest BCUT2D eigenvalue weighted by Crippen LogP contribution is 2.25. The molecule has 0 bridgehead atoms. The summed E-state index contributed by atoms with van der Waals surface area (Å²) in [6.45, 7) is 1.17. The molecule has 3 nitrogen and oxygen atoms in total. The summed E-state index contributed by atoms with van der Waals surface area (Å²) >= 11 is 7.28. The van der Waals surface area contributed by atoms with Crippen LogP contribution in [0.5, 0.6) is 0 Å². The minimum Gasteiger partial charge on any atom is -0.212 e. The SMILES string of the molecule is O=S(=O)(CCCCCl)N1CCc2sccc2C1. The molecule has 96 valence electrons. The van der Waals surface area contributed by atoms with Crippen LogP contribution >= 0.6 is 22.9 Å². The quantitative estimate of drug-likeness (QED) is 0.618. The molecular formula is C11H16ClNO2S2. The van der Waals surface area contributed by atoms with E-state index in [1.807, 2.05) is 11.4 Å². The highest BCUT2D eigenvalue weighted by Gasteiger charge is 2.26. The van der Waals surface area contributed by atoms with Crippen LogP contribution in [0, 0.1) is 0 Å². The van der Waals surface area contributed by atoms with Gasteiger partial charge in [0.2, 0.25) is 10.0 Å². The fraction of sp³-hybridized carbons (Fsp3) is 0.636. The summed E-state index contributed by atoms with van der Waals surface area (Å²) in [4.78, 5) is 1.33. The number of hydrogen-bond acceptors (Lipinski definition) is 3. The summed E-state index contributed by atoms with van der Waals surface area (Å²) in [6.07, 6.45) is 2.26. The van der Waals surface area contributed by atoms with Gasteiger partial charge in [0, 0.05) is 23.8 Å². The van der Waals surface area contributed by atoms with E-state index < -0.39 is 10.0 Å². The zero-order chi connectivity index (χ0) is 12.3. The number of fused-ring (bicyclic) bond motifs is 1. The van der Waals surface area contributed by atoms with Crippen LogP contribution in [0.4, 0.5) is 0 Å². The molecule has 0 amide bonds. The van der Waals surface area contributed by atoms with Crippen molar-refractivity contribution in [3.05, 3.63) is 21.9 Å². The number of sulfonamides is 1. The lowest BCUT2D eigenvalue weighted by molar-refractivity contribution is 0.393. The minimum absolute atomic E-state index is 0.221. The number of nitrogens with zero attached hydrogens (tertiary/aromatic N) is 1. The Morgan fingerprint density at radius 1 is 1.41 bits per heavy atom. The fourth-order valence-electron chi connectivity index (χ4n) is 1.97. The van der Waals surface area contributed by atoms with Crippen LogP contribution in [-0.4, -0.2) is 30.9 Å². The average Bonchev–Trinajstić information content (AvgIpc) is 2.76. The molecule has 0 N–H and O–H groups in total. The Balaban J connectivity index is 2.00. The van der Waals surface area contributed by atoms with E-state index in [1.165, 1.54) is 10.4 Å². The topological polar surface area (TPSA) is 37.4 Å². The van der Waals surface area contributed by atoms with E-state index in [0.717, 1.165) is 12.8 Å². The van der Waals surface area contributed by atoms with Gasteiger partial charge in [0.05, 0.1) is 5.75 Å². The summed E-state index contributed by atoms with van der Waals surface area (Å²) in [5.74, 6) is 0.753. The van der Waals surface area contributed by atoms with Crippen LogP contribution in [0.2, 0.25) is 0 Å². The zero-order valence-electron chi connectivity index (χ0n) is 9.56. The Morgan fingerprint density at radius 3 is 3.00 bits per heavy atom. The molecule has 2 rings (SSSR count). The maximum atomic E-state index is 12.1. The monoisotopic (exact) mass is 293 g/mol. The number of hydrogen-bond donors (Lipinski definition) is 0. The molecule has 0 atom stereocenters. The molecule has 17 heavy (non-hydrogen) atoms. The summed E-state index contributed by atoms with van der Waals surface area (Å²) in [5, 5.41) is 2.04. The zero-order valence-corrected chi connectivity index (χ0v) is 12.0. The second kappa shape index (κ2) is 5.69. The standard InChI is InChI=1S/C11H16ClNO2S2/c12-5-1-2-8-17(14,15)13-6-3-11-10(9-13)4-7-16-11/h4,7H,1-3,5-6,8-9H2. The maximum Gasteiger partial charge on any atom is 0.214 e. The molecule has 0 spiro atoms. The van der Waals surface area contributed by atoms with Gasteiger partial charge in [-0.15, -0.1) is 22.9 Å². The van der Waals surface area contributed by atoms with Crippen LogP contribution in [0.3, 0.4) is 0 Å². The van der Waals surface area contributed by atoms with E-state index >= 15 is 0 Å². The molecule has 0 aliphatic carbocycles. The van der Waals surface area contributed by atoms with Crippen LogP contribution in [0.25, 0.3) is 0 Å². The molecule has 0 radical (unpaired) electrons. The van der Waals surface area contributed by atoms with Gasteiger partial charge in [0.1, 0.15) is 0 Å². The predicted molar refractivity (Wildman–Crippen MR) is 72.2 cm³/mol. The summed E-state index contributed by atoms with van der Waals surface area (Å²) in [5.41, 5.74) is 1.17. The molecule has 1 aliphatic rings. The highest BCUT2D eigenvalue weighted by atomic mass is 35.5. The first-order chi connectivity index (χ1) is 8.13. The molecule has 2 heterocycles. The van der Waals surface area contributed by atoms with Crippen molar-refractivity contribution in [1.82, 2.24) is 4.31 Å². The van der Waals surface area contributed by atoms with Crippen molar-refractivity contribution in [2.75, 3.05) is 18.2 Å². The average molecular weight is 294 g/mol. The molecule has 1 aromatic rings. The van der Waals surface area contributed by atoms with Crippen LogP contribution in [0.15, 0.2) is 11.4 Å². The predicted octanol–water partition coefficient (Wildman–Crippen LogP) is 2.46. The summed E-state index contributed by atoms with van der Waals surface area (Å²) in [6, 6.07) is 2.03. The van der Waals surface area contributed by atoms with E-state index in [4.69, 9.17) is 11.6 Å². The minimum atomic E-state index is -3.10. The van der Waals surface area contributed by atoms with Gasteiger partial charge in [-0.2, -0.15) is 4.31 Å². The van der Waals surface area contributed by atoms with Gasteiger partial charge in [-0.05, 0) is 36.3 Å². The molecule has 0 unspecified atom stereocenters. The van der Waals surface area contributed by atoms with Crippen molar-refractivity contribution in [1.29, 1.82) is 0 Å². The number of thiophene rings is 1. The molecule has 6 heteroatoms. The maximum absolute atomic E-state index is 12.1. The van der Waals surface area contributed by atoms with E-state index in [9.17, 15) is 8.42 Å². The van der Waals surface area contributed by atoms with Gasteiger partial charge in [-0.25, -0.2) is 8.42 Å². The van der Waals surface area contributed by atoms with E-state index in [1.54, 1.807) is 15.6 Å². The highest BCUT2D eigenvalue weighted by molar-refractivity contribution is 7.89. The lowest BCUT2D eigenvalue weighted by Crippen LogP contribution is -2.36. The van der Waals surface area contributed by atoms with Crippen molar-refractivity contribution in [3.63, 3.8) is 0 Å². The van der Waals surface area contributed by atoms with Crippen molar-refractivity contribution in [3.8, 4) is 0 Å². The molecule has 1 aromatic heterocycles. The lowest BCUT2D eigenvalue weighted by Gasteiger charge is -2.26. The molecule has 1 aliphatic heterocycles. The first-order valence-electron chi connectivity index (χ1n) is 5.72. The molecule has 0 aromatic carbocycles. The number of unbranched alkanes of at least 4 members (excludes halogenated alkanes) is 1. The van der Waals surface area contributed by atoms with E-state index in [2.05, 4.69) is 0 Å². The molecular weight excluding hydrogens is 278 g/mol. The van der Waals surface area contributed by atoms with Crippen molar-refractivity contribution in [2.45, 2.75) is 25.8 Å². The molecule has 0 saturated heterocycles. The Labute approximate surface area is 111 Å². The van der Waals surface area contributed by atoms with Gasteiger partial charge in [0.15, 0.2) is 0 Å². The molecule has 0 saturated carbocycles.